The zero-order valence-electron chi connectivity index (χ0n) is 15.5. The van der Waals surface area contributed by atoms with Crippen LogP contribution in [0.5, 0.6) is 0 Å². The highest BCUT2D eigenvalue weighted by molar-refractivity contribution is 7.20. The molecule has 0 saturated heterocycles. The van der Waals surface area contributed by atoms with E-state index in [4.69, 9.17) is 0 Å². The van der Waals surface area contributed by atoms with Gasteiger partial charge in [0, 0.05) is 32.1 Å². The highest BCUT2D eigenvalue weighted by Crippen LogP contribution is 2.28. The summed E-state index contributed by atoms with van der Waals surface area (Å²) in [6.45, 7) is 3.65. The molecule has 2 aromatic heterocycles. The van der Waals surface area contributed by atoms with Crippen molar-refractivity contribution in [2.45, 2.75) is 13.5 Å². The molecule has 0 unspecified atom stereocenters. The van der Waals surface area contributed by atoms with Crippen LogP contribution in [0.2, 0.25) is 0 Å². The highest BCUT2D eigenvalue weighted by atomic mass is 32.1. The van der Waals surface area contributed by atoms with E-state index in [0.29, 0.717) is 18.0 Å². The van der Waals surface area contributed by atoms with Crippen molar-refractivity contribution in [1.82, 2.24) is 19.6 Å². The van der Waals surface area contributed by atoms with Crippen molar-refractivity contribution in [2.75, 3.05) is 27.2 Å². The molecule has 26 heavy (non-hydrogen) atoms. The summed E-state index contributed by atoms with van der Waals surface area (Å²) in [5.74, 6) is -0.317. The van der Waals surface area contributed by atoms with E-state index in [0.717, 1.165) is 28.0 Å². The molecule has 0 N–H and O–H groups in total. The first-order valence-electron chi connectivity index (χ1n) is 8.46. The topological polar surface area (TPSA) is 41.4 Å². The molecule has 0 radical (unpaired) electrons. The lowest BCUT2D eigenvalue weighted by atomic mass is 10.2. The molecule has 1 aromatic carbocycles. The molecular weight excluding hydrogens is 351 g/mol. The van der Waals surface area contributed by atoms with Crippen LogP contribution in [0.25, 0.3) is 10.2 Å². The summed E-state index contributed by atoms with van der Waals surface area (Å²) in [4.78, 5) is 18.6. The summed E-state index contributed by atoms with van der Waals surface area (Å²) in [5, 5.41) is 5.40. The summed E-state index contributed by atoms with van der Waals surface area (Å²) >= 11 is 1.45. The zero-order valence-corrected chi connectivity index (χ0v) is 16.3. The maximum absolute atomic E-state index is 13.5. The van der Waals surface area contributed by atoms with Gasteiger partial charge in [0.25, 0.3) is 5.91 Å². The number of benzene rings is 1. The van der Waals surface area contributed by atoms with Gasteiger partial charge in [-0.25, -0.2) is 4.39 Å². The number of carbonyl (C=O) groups excluding carboxylic acids is 1. The number of likely N-dealkylation sites (N-methyl/N-ethyl adjacent to an activating group) is 1. The number of fused-ring (bicyclic) bond motifs is 1. The Hall–Kier alpha value is -2.25. The maximum atomic E-state index is 13.5. The summed E-state index contributed by atoms with van der Waals surface area (Å²) in [6.07, 6.45) is 0. The minimum Gasteiger partial charge on any atom is -0.332 e. The second-order valence-electron chi connectivity index (χ2n) is 6.70. The normalized spacial score (nSPS) is 11.5. The van der Waals surface area contributed by atoms with Gasteiger partial charge in [-0.1, -0.05) is 12.1 Å². The van der Waals surface area contributed by atoms with Crippen LogP contribution in [0.1, 0.15) is 20.9 Å². The molecule has 138 valence electrons. The number of aryl methyl sites for hydroxylation is 2. The van der Waals surface area contributed by atoms with Gasteiger partial charge in [-0.2, -0.15) is 5.10 Å². The monoisotopic (exact) mass is 374 g/mol. The number of rotatable bonds is 6. The number of hydrogen-bond acceptors (Lipinski definition) is 4. The van der Waals surface area contributed by atoms with Crippen LogP contribution < -0.4 is 0 Å². The minimum absolute atomic E-state index is 0.0308. The highest BCUT2D eigenvalue weighted by Gasteiger charge is 2.21. The molecule has 0 aliphatic rings. The molecule has 2 heterocycles. The van der Waals surface area contributed by atoms with E-state index in [-0.39, 0.29) is 11.7 Å². The Morgan fingerprint density at radius 3 is 2.69 bits per heavy atom. The fourth-order valence-electron chi connectivity index (χ4n) is 2.90. The molecule has 1 amide bonds. The molecule has 7 heteroatoms. The van der Waals surface area contributed by atoms with Crippen LogP contribution in [0.15, 0.2) is 30.3 Å². The third-order valence-electron chi connectivity index (χ3n) is 4.27. The van der Waals surface area contributed by atoms with Gasteiger partial charge in [0.2, 0.25) is 0 Å². The van der Waals surface area contributed by atoms with E-state index in [1.165, 1.54) is 23.5 Å². The minimum atomic E-state index is -0.286. The molecule has 3 rings (SSSR count). The SMILES string of the molecule is Cc1nn(C)c2sc(C(=O)N(CCN(C)C)Cc3cccc(F)c3)cc12. The molecule has 0 atom stereocenters. The van der Waals surface area contributed by atoms with E-state index in [1.54, 1.807) is 11.0 Å². The van der Waals surface area contributed by atoms with Crippen molar-refractivity contribution < 1.29 is 9.18 Å². The Balaban J connectivity index is 1.88. The Labute approximate surface area is 156 Å². The Kier molecular flexibility index (Phi) is 5.38. The molecule has 0 aliphatic heterocycles. The van der Waals surface area contributed by atoms with Gasteiger partial charge in [0.15, 0.2) is 0 Å². The lowest BCUT2D eigenvalue weighted by molar-refractivity contribution is 0.0737. The lowest BCUT2D eigenvalue weighted by Gasteiger charge is -2.24. The Morgan fingerprint density at radius 2 is 2.04 bits per heavy atom. The van der Waals surface area contributed by atoms with Crippen LogP contribution in [0.4, 0.5) is 4.39 Å². The van der Waals surface area contributed by atoms with E-state index >= 15 is 0 Å². The smallest absolute Gasteiger partial charge is 0.264 e. The van der Waals surface area contributed by atoms with Gasteiger partial charge in [-0.15, -0.1) is 11.3 Å². The number of hydrogen-bond donors (Lipinski definition) is 0. The summed E-state index contributed by atoms with van der Waals surface area (Å²) in [5.41, 5.74) is 1.71. The number of nitrogens with zero attached hydrogens (tertiary/aromatic N) is 4. The lowest BCUT2D eigenvalue weighted by Crippen LogP contribution is -2.36. The first-order chi connectivity index (χ1) is 12.3. The van der Waals surface area contributed by atoms with Gasteiger partial charge in [-0.3, -0.25) is 9.48 Å². The third-order valence-corrected chi connectivity index (χ3v) is 5.46. The van der Waals surface area contributed by atoms with E-state index in [9.17, 15) is 9.18 Å². The Bertz CT molecular complexity index is 896. The fraction of sp³-hybridized carbons (Fsp3) is 0.368. The molecule has 0 spiro atoms. The van der Waals surface area contributed by atoms with Crippen LogP contribution >= 0.6 is 11.3 Å². The summed E-state index contributed by atoms with van der Waals surface area (Å²) in [7, 11) is 5.83. The van der Waals surface area contributed by atoms with E-state index in [2.05, 4.69) is 5.10 Å². The number of aromatic nitrogens is 2. The van der Waals surface area contributed by atoms with Crippen molar-refractivity contribution in [3.05, 3.63) is 52.3 Å². The average Bonchev–Trinajstić information content (AvgIpc) is 3.13. The van der Waals surface area contributed by atoms with Crippen LogP contribution in [0.3, 0.4) is 0 Å². The third kappa shape index (κ3) is 3.94. The summed E-state index contributed by atoms with van der Waals surface area (Å²) in [6, 6.07) is 8.33. The Morgan fingerprint density at radius 1 is 1.27 bits per heavy atom. The number of thiophene rings is 1. The van der Waals surface area contributed by atoms with E-state index < -0.39 is 0 Å². The molecule has 0 fully saturated rings. The first kappa shape index (κ1) is 18.5. The van der Waals surface area contributed by atoms with Crippen molar-refractivity contribution in [1.29, 1.82) is 0 Å². The maximum Gasteiger partial charge on any atom is 0.264 e. The standard InChI is InChI=1S/C19H23FN4OS/c1-13-16-11-17(26-19(16)23(4)21-13)18(25)24(9-8-22(2)3)12-14-6-5-7-15(20)10-14/h5-7,10-11H,8-9,12H2,1-4H3. The molecule has 0 bridgehead atoms. The van der Waals surface area contributed by atoms with Crippen molar-refractivity contribution in [3.8, 4) is 0 Å². The summed E-state index contributed by atoms with van der Waals surface area (Å²) < 4.78 is 15.3. The average molecular weight is 374 g/mol. The van der Waals surface area contributed by atoms with Crippen molar-refractivity contribution in [3.63, 3.8) is 0 Å². The molecule has 5 nitrogen and oxygen atoms in total. The second-order valence-corrected chi connectivity index (χ2v) is 7.73. The first-order valence-corrected chi connectivity index (χ1v) is 9.28. The number of amides is 1. The van der Waals surface area contributed by atoms with Crippen molar-refractivity contribution in [2.24, 2.45) is 7.05 Å². The largest absolute Gasteiger partial charge is 0.332 e. The number of carbonyl (C=O) groups is 1. The quantitative estimate of drug-likeness (QED) is 0.665. The van der Waals surface area contributed by atoms with Crippen LogP contribution in [0, 0.1) is 12.7 Å². The van der Waals surface area contributed by atoms with Crippen LogP contribution in [-0.4, -0.2) is 52.7 Å². The van der Waals surface area contributed by atoms with Gasteiger partial charge in [0.1, 0.15) is 10.6 Å². The second kappa shape index (κ2) is 7.55. The number of halogens is 1. The van der Waals surface area contributed by atoms with Gasteiger partial charge in [-0.05, 0) is 44.8 Å². The zero-order chi connectivity index (χ0) is 18.8. The van der Waals surface area contributed by atoms with Crippen LogP contribution in [-0.2, 0) is 13.6 Å². The predicted molar refractivity (Wildman–Crippen MR) is 103 cm³/mol. The molecule has 3 aromatic rings. The van der Waals surface area contributed by atoms with Gasteiger partial charge in [0.05, 0.1) is 10.6 Å². The molecule has 0 aliphatic carbocycles. The fourth-order valence-corrected chi connectivity index (χ4v) is 3.99. The molecular formula is C19H23FN4OS. The van der Waals surface area contributed by atoms with E-state index in [1.807, 2.05) is 49.8 Å². The predicted octanol–water partition coefficient (Wildman–Crippen LogP) is 3.29. The van der Waals surface area contributed by atoms with Gasteiger partial charge >= 0.3 is 0 Å². The molecule has 0 saturated carbocycles. The van der Waals surface area contributed by atoms with Gasteiger partial charge < -0.3 is 9.80 Å². The van der Waals surface area contributed by atoms with Crippen molar-refractivity contribution >= 4 is 27.5 Å².